The van der Waals surface area contributed by atoms with Gasteiger partial charge in [0.2, 0.25) is 0 Å². The Kier molecular flexibility index (Phi) is 2.88. The fourth-order valence-corrected chi connectivity index (χ4v) is 3.15. The summed E-state index contributed by atoms with van der Waals surface area (Å²) in [4.78, 5) is 4.74. The Bertz CT molecular complexity index is 1060. The molecule has 0 unspecified atom stereocenters. The molecule has 4 rings (SSSR count). The van der Waals surface area contributed by atoms with E-state index < -0.39 is 0 Å². The zero-order valence-corrected chi connectivity index (χ0v) is 13.0. The number of hydrogen-bond acceptors (Lipinski definition) is 2. The molecule has 0 spiro atoms. The molecule has 0 atom stereocenters. The van der Waals surface area contributed by atoms with Gasteiger partial charge in [-0.25, -0.2) is 9.37 Å². The molecule has 23 heavy (non-hydrogen) atoms. The lowest BCUT2D eigenvalue weighted by atomic mass is 10.1. The van der Waals surface area contributed by atoms with E-state index in [0.717, 1.165) is 33.3 Å². The number of halogens is 1. The normalized spacial score (nSPS) is 11.4. The van der Waals surface area contributed by atoms with Gasteiger partial charge in [-0.1, -0.05) is 30.3 Å². The van der Waals surface area contributed by atoms with Gasteiger partial charge >= 0.3 is 0 Å². The Labute approximate surface area is 133 Å². The van der Waals surface area contributed by atoms with Crippen LogP contribution >= 0.6 is 0 Å². The van der Waals surface area contributed by atoms with Crippen LogP contribution in [0.2, 0.25) is 0 Å². The largest absolute Gasteiger partial charge is 0.383 e. The van der Waals surface area contributed by atoms with Crippen molar-refractivity contribution in [1.82, 2.24) is 9.38 Å². The molecular formula is C19H16FN3. The first-order valence-corrected chi connectivity index (χ1v) is 7.49. The molecule has 0 fully saturated rings. The number of nitrogen functional groups attached to an aromatic ring is 1. The number of imidazole rings is 1. The second-order valence-electron chi connectivity index (χ2n) is 5.84. The van der Waals surface area contributed by atoms with Gasteiger partial charge < -0.3 is 5.73 Å². The molecular weight excluding hydrogens is 289 g/mol. The van der Waals surface area contributed by atoms with Gasteiger partial charge in [0.25, 0.3) is 0 Å². The lowest BCUT2D eigenvalue weighted by Gasteiger charge is -2.06. The molecule has 4 heteroatoms. The van der Waals surface area contributed by atoms with Crippen molar-refractivity contribution in [2.24, 2.45) is 0 Å². The minimum absolute atomic E-state index is 0.276. The SMILES string of the molecule is Cc1ccccc1-c1nc2c3cc(F)ccc3cc(C)n2c1N. The average Bonchev–Trinajstić information content (AvgIpc) is 2.87. The number of rotatable bonds is 1. The number of pyridine rings is 1. The van der Waals surface area contributed by atoms with Gasteiger partial charge in [-0.3, -0.25) is 4.40 Å². The highest BCUT2D eigenvalue weighted by atomic mass is 19.1. The summed E-state index contributed by atoms with van der Waals surface area (Å²) in [6.07, 6.45) is 0. The van der Waals surface area contributed by atoms with Crippen molar-refractivity contribution in [3.05, 3.63) is 65.6 Å². The monoisotopic (exact) mass is 305 g/mol. The van der Waals surface area contributed by atoms with Crippen LogP contribution in [-0.4, -0.2) is 9.38 Å². The van der Waals surface area contributed by atoms with Crippen molar-refractivity contribution < 1.29 is 4.39 Å². The molecule has 2 N–H and O–H groups in total. The summed E-state index contributed by atoms with van der Waals surface area (Å²) >= 11 is 0. The van der Waals surface area contributed by atoms with Crippen molar-refractivity contribution in [2.45, 2.75) is 13.8 Å². The first-order valence-electron chi connectivity index (χ1n) is 7.49. The molecule has 2 heterocycles. The van der Waals surface area contributed by atoms with Crippen LogP contribution in [0.5, 0.6) is 0 Å². The lowest BCUT2D eigenvalue weighted by Crippen LogP contribution is -1.98. The predicted molar refractivity (Wildman–Crippen MR) is 92.0 cm³/mol. The van der Waals surface area contributed by atoms with Gasteiger partial charge in [0, 0.05) is 16.6 Å². The minimum atomic E-state index is -0.276. The number of aryl methyl sites for hydroxylation is 2. The zero-order valence-electron chi connectivity index (χ0n) is 13.0. The number of fused-ring (bicyclic) bond motifs is 3. The second kappa shape index (κ2) is 4.81. The van der Waals surface area contributed by atoms with E-state index in [-0.39, 0.29) is 5.82 Å². The summed E-state index contributed by atoms with van der Waals surface area (Å²) in [7, 11) is 0. The standard InChI is InChI=1S/C19H16FN3/c1-11-5-3-4-6-15(11)17-18(21)23-12(2)9-13-7-8-14(20)10-16(13)19(23)22-17/h3-10H,21H2,1-2H3. The van der Waals surface area contributed by atoms with Crippen LogP contribution in [0, 0.1) is 19.7 Å². The fraction of sp³-hybridized carbons (Fsp3) is 0.105. The third-order valence-electron chi connectivity index (χ3n) is 4.29. The highest BCUT2D eigenvalue weighted by Gasteiger charge is 2.16. The number of anilines is 1. The van der Waals surface area contributed by atoms with Crippen LogP contribution in [0.15, 0.2) is 48.5 Å². The Morgan fingerprint density at radius 1 is 1.04 bits per heavy atom. The summed E-state index contributed by atoms with van der Waals surface area (Å²) in [6, 6.07) is 14.7. The summed E-state index contributed by atoms with van der Waals surface area (Å²) in [5.74, 6) is 0.306. The van der Waals surface area contributed by atoms with Gasteiger partial charge in [-0.2, -0.15) is 0 Å². The minimum Gasteiger partial charge on any atom is -0.383 e. The summed E-state index contributed by atoms with van der Waals surface area (Å²) < 4.78 is 15.6. The number of aromatic nitrogens is 2. The topological polar surface area (TPSA) is 43.3 Å². The highest BCUT2D eigenvalue weighted by Crippen LogP contribution is 2.33. The second-order valence-corrected chi connectivity index (χ2v) is 5.84. The summed E-state index contributed by atoms with van der Waals surface area (Å²) in [5.41, 5.74) is 10.9. The van der Waals surface area contributed by atoms with Crippen LogP contribution in [0.1, 0.15) is 11.3 Å². The number of hydrogen-bond donors (Lipinski definition) is 1. The first-order chi connectivity index (χ1) is 11.1. The van der Waals surface area contributed by atoms with E-state index in [2.05, 4.69) is 0 Å². The Balaban J connectivity index is 2.15. The molecule has 0 saturated carbocycles. The molecule has 0 amide bonds. The van der Waals surface area contributed by atoms with Gasteiger partial charge in [0.1, 0.15) is 23.0 Å². The summed E-state index contributed by atoms with van der Waals surface area (Å²) in [5, 5.41) is 1.72. The molecule has 0 saturated heterocycles. The van der Waals surface area contributed by atoms with Gasteiger partial charge in [-0.05, 0) is 43.0 Å². The van der Waals surface area contributed by atoms with E-state index in [1.807, 2.05) is 48.6 Å². The van der Waals surface area contributed by atoms with Gasteiger partial charge in [0.15, 0.2) is 0 Å². The zero-order chi connectivity index (χ0) is 16.1. The quantitative estimate of drug-likeness (QED) is 0.563. The van der Waals surface area contributed by atoms with E-state index in [1.54, 1.807) is 6.07 Å². The smallest absolute Gasteiger partial charge is 0.147 e. The van der Waals surface area contributed by atoms with Crippen molar-refractivity contribution in [3.63, 3.8) is 0 Å². The number of benzene rings is 2. The van der Waals surface area contributed by atoms with Crippen LogP contribution < -0.4 is 5.73 Å². The Morgan fingerprint density at radius 3 is 2.61 bits per heavy atom. The first kappa shape index (κ1) is 13.8. The maximum Gasteiger partial charge on any atom is 0.147 e. The molecule has 0 aliphatic heterocycles. The molecule has 0 aliphatic rings. The van der Waals surface area contributed by atoms with Crippen molar-refractivity contribution in [2.75, 3.05) is 5.73 Å². The number of nitrogens with two attached hydrogens (primary N) is 1. The molecule has 114 valence electrons. The number of nitrogens with zero attached hydrogens (tertiary/aromatic N) is 2. The van der Waals surface area contributed by atoms with Crippen LogP contribution in [0.3, 0.4) is 0 Å². The highest BCUT2D eigenvalue weighted by molar-refractivity contribution is 5.97. The molecule has 0 aliphatic carbocycles. The maximum atomic E-state index is 13.7. The van der Waals surface area contributed by atoms with E-state index in [0.29, 0.717) is 11.5 Å². The van der Waals surface area contributed by atoms with E-state index in [1.165, 1.54) is 12.1 Å². The lowest BCUT2D eigenvalue weighted by molar-refractivity contribution is 0.630. The van der Waals surface area contributed by atoms with E-state index in [9.17, 15) is 4.39 Å². The Hall–Kier alpha value is -2.88. The Morgan fingerprint density at radius 2 is 1.83 bits per heavy atom. The maximum absolute atomic E-state index is 13.7. The third kappa shape index (κ3) is 1.99. The third-order valence-corrected chi connectivity index (χ3v) is 4.29. The predicted octanol–water partition coefficient (Wildman–Crippen LogP) is 4.49. The van der Waals surface area contributed by atoms with E-state index >= 15 is 0 Å². The molecule has 0 bridgehead atoms. The van der Waals surface area contributed by atoms with Crippen molar-refractivity contribution >= 4 is 22.2 Å². The molecule has 2 aromatic heterocycles. The van der Waals surface area contributed by atoms with Crippen molar-refractivity contribution in [3.8, 4) is 11.3 Å². The molecule has 3 nitrogen and oxygen atoms in total. The molecule has 2 aromatic carbocycles. The average molecular weight is 305 g/mol. The van der Waals surface area contributed by atoms with Gasteiger partial charge in [0.05, 0.1) is 0 Å². The van der Waals surface area contributed by atoms with Crippen LogP contribution in [0.25, 0.3) is 27.7 Å². The fourth-order valence-electron chi connectivity index (χ4n) is 3.15. The molecule has 0 radical (unpaired) electrons. The van der Waals surface area contributed by atoms with Gasteiger partial charge in [-0.15, -0.1) is 0 Å². The summed E-state index contributed by atoms with van der Waals surface area (Å²) in [6.45, 7) is 4.01. The van der Waals surface area contributed by atoms with Crippen molar-refractivity contribution in [1.29, 1.82) is 0 Å². The van der Waals surface area contributed by atoms with Crippen LogP contribution in [0.4, 0.5) is 10.2 Å². The van der Waals surface area contributed by atoms with E-state index in [4.69, 9.17) is 10.7 Å². The molecule has 4 aromatic rings. The van der Waals surface area contributed by atoms with Crippen LogP contribution in [-0.2, 0) is 0 Å².